The Morgan fingerprint density at radius 3 is 2.32 bits per heavy atom. The highest BCUT2D eigenvalue weighted by Crippen LogP contribution is 2.30. The van der Waals surface area contributed by atoms with Crippen molar-refractivity contribution in [2.45, 2.75) is 69.0 Å². The van der Waals surface area contributed by atoms with Gasteiger partial charge in [-0.05, 0) is 83.3 Å². The van der Waals surface area contributed by atoms with E-state index in [4.69, 9.17) is 9.47 Å². The Kier molecular flexibility index (Phi) is 10.4. The molecular formula is C27H46N4O5S. The second-order valence-electron chi connectivity index (χ2n) is 10.8. The number of hydrogen-bond acceptors (Lipinski definition) is 7. The molecule has 2 unspecified atom stereocenters. The number of carbonyl (C=O) groups excluding carboxylic acids is 1. The molecule has 9 nitrogen and oxygen atoms in total. The van der Waals surface area contributed by atoms with E-state index in [-0.39, 0.29) is 36.6 Å². The molecule has 0 bridgehead atoms. The molecular weight excluding hydrogens is 492 g/mol. The Bertz CT molecular complexity index is 1010. The molecule has 3 atom stereocenters. The fourth-order valence-corrected chi connectivity index (χ4v) is 7.27. The van der Waals surface area contributed by atoms with Gasteiger partial charge in [0.15, 0.2) is 0 Å². The van der Waals surface area contributed by atoms with E-state index in [1.807, 2.05) is 11.9 Å². The van der Waals surface area contributed by atoms with Gasteiger partial charge in [-0.15, -0.1) is 0 Å². The minimum Gasteiger partial charge on any atom is -0.497 e. The van der Waals surface area contributed by atoms with Gasteiger partial charge in [-0.1, -0.05) is 0 Å². The third kappa shape index (κ3) is 7.23. The standard InChI is InChI=1S/C27H46N4O5S/c1-20-15-25(35-7)16-21(2)27(20)37(33,34)29(5)13-14-36-19-26(32)30(6)22-9-8-10-23(17-22)31-12-11-24(18-31)28(3)4/h15-16,22-24H,8-14,17-19H2,1-7H3/t22-,23?,24?/m1/s1. The van der Waals surface area contributed by atoms with Crippen molar-refractivity contribution >= 4 is 15.9 Å². The van der Waals surface area contributed by atoms with Crippen molar-refractivity contribution < 1.29 is 22.7 Å². The lowest BCUT2D eigenvalue weighted by Gasteiger charge is -2.39. The second-order valence-corrected chi connectivity index (χ2v) is 12.8. The van der Waals surface area contributed by atoms with Gasteiger partial charge in [-0.25, -0.2) is 8.42 Å². The summed E-state index contributed by atoms with van der Waals surface area (Å²) in [6.07, 6.45) is 5.56. The molecule has 1 aromatic rings. The Morgan fingerprint density at radius 2 is 1.73 bits per heavy atom. The van der Waals surface area contributed by atoms with Crippen LogP contribution in [0, 0.1) is 13.8 Å². The quantitative estimate of drug-likeness (QED) is 0.400. The first kappa shape index (κ1) is 29.8. The van der Waals surface area contributed by atoms with Crippen molar-refractivity contribution in [3.8, 4) is 5.75 Å². The first-order valence-electron chi connectivity index (χ1n) is 13.3. The van der Waals surface area contributed by atoms with Gasteiger partial charge in [-0.3, -0.25) is 9.69 Å². The monoisotopic (exact) mass is 538 g/mol. The van der Waals surface area contributed by atoms with Crippen molar-refractivity contribution in [2.24, 2.45) is 0 Å². The van der Waals surface area contributed by atoms with Gasteiger partial charge in [0.1, 0.15) is 12.4 Å². The van der Waals surface area contributed by atoms with Gasteiger partial charge in [0, 0.05) is 51.9 Å². The van der Waals surface area contributed by atoms with Gasteiger partial charge in [0.05, 0.1) is 18.6 Å². The molecule has 1 saturated heterocycles. The predicted octanol–water partition coefficient (Wildman–Crippen LogP) is 2.35. The molecule has 0 radical (unpaired) electrons. The molecule has 2 fully saturated rings. The summed E-state index contributed by atoms with van der Waals surface area (Å²) in [5.74, 6) is 0.579. The number of rotatable bonds is 11. The second kappa shape index (κ2) is 12.9. The van der Waals surface area contributed by atoms with Crippen molar-refractivity contribution in [1.29, 1.82) is 0 Å². The molecule has 0 N–H and O–H groups in total. The van der Waals surface area contributed by atoms with Crippen LogP contribution in [-0.4, -0.2) is 120 Å². The molecule has 1 amide bonds. The molecule has 37 heavy (non-hydrogen) atoms. The van der Waals surface area contributed by atoms with E-state index in [0.717, 1.165) is 32.4 Å². The van der Waals surface area contributed by atoms with Crippen LogP contribution in [0.5, 0.6) is 5.75 Å². The fraction of sp³-hybridized carbons (Fsp3) is 0.741. The summed E-state index contributed by atoms with van der Waals surface area (Å²) in [4.78, 5) is 19.9. The maximum Gasteiger partial charge on any atom is 0.248 e. The van der Waals surface area contributed by atoms with Crippen LogP contribution >= 0.6 is 0 Å². The van der Waals surface area contributed by atoms with Gasteiger partial charge in [-0.2, -0.15) is 4.31 Å². The van der Waals surface area contributed by atoms with Gasteiger partial charge in [0.2, 0.25) is 15.9 Å². The third-order valence-electron chi connectivity index (χ3n) is 8.12. The van der Waals surface area contributed by atoms with Crippen LogP contribution < -0.4 is 4.74 Å². The number of nitrogens with zero attached hydrogens (tertiary/aromatic N) is 4. The normalized spacial score (nSPS) is 23.1. The molecule has 3 rings (SSSR count). The summed E-state index contributed by atoms with van der Waals surface area (Å²) in [6, 6.07) is 4.81. The number of benzene rings is 1. The van der Waals surface area contributed by atoms with Crippen LogP contribution in [0.4, 0.5) is 0 Å². The van der Waals surface area contributed by atoms with Crippen LogP contribution in [0.1, 0.15) is 43.2 Å². The number of carbonyl (C=O) groups is 1. The molecule has 0 aromatic heterocycles. The zero-order valence-corrected chi connectivity index (χ0v) is 24.5. The first-order valence-corrected chi connectivity index (χ1v) is 14.7. The smallest absolute Gasteiger partial charge is 0.248 e. The van der Waals surface area contributed by atoms with Crippen LogP contribution in [0.3, 0.4) is 0 Å². The molecule has 0 spiro atoms. The number of likely N-dealkylation sites (N-methyl/N-ethyl adjacent to an activating group) is 3. The Hall–Kier alpha value is -1.72. The van der Waals surface area contributed by atoms with E-state index in [1.165, 1.54) is 24.2 Å². The summed E-state index contributed by atoms with van der Waals surface area (Å²) in [5.41, 5.74) is 1.27. The van der Waals surface area contributed by atoms with E-state index < -0.39 is 10.0 Å². The summed E-state index contributed by atoms with van der Waals surface area (Å²) in [5, 5.41) is 0. The lowest BCUT2D eigenvalue weighted by Crippen LogP contribution is -2.47. The van der Waals surface area contributed by atoms with Crippen molar-refractivity contribution in [1.82, 2.24) is 19.0 Å². The van der Waals surface area contributed by atoms with Gasteiger partial charge >= 0.3 is 0 Å². The van der Waals surface area contributed by atoms with Crippen molar-refractivity contribution in [3.63, 3.8) is 0 Å². The van der Waals surface area contributed by atoms with Crippen LogP contribution in [-0.2, 0) is 19.6 Å². The highest BCUT2D eigenvalue weighted by Gasteiger charge is 2.34. The van der Waals surface area contributed by atoms with E-state index >= 15 is 0 Å². The van der Waals surface area contributed by atoms with Crippen LogP contribution in [0.15, 0.2) is 17.0 Å². The summed E-state index contributed by atoms with van der Waals surface area (Å²) >= 11 is 0. The topological polar surface area (TPSA) is 82.6 Å². The molecule has 10 heteroatoms. The molecule has 1 heterocycles. The Morgan fingerprint density at radius 1 is 1.05 bits per heavy atom. The largest absolute Gasteiger partial charge is 0.497 e. The van der Waals surface area contributed by atoms with Gasteiger partial charge in [0.25, 0.3) is 0 Å². The highest BCUT2D eigenvalue weighted by atomic mass is 32.2. The number of hydrogen-bond donors (Lipinski definition) is 0. The fourth-order valence-electron chi connectivity index (χ4n) is 5.71. The number of likely N-dealkylation sites (tertiary alicyclic amines) is 1. The molecule has 1 aromatic carbocycles. The zero-order valence-electron chi connectivity index (χ0n) is 23.7. The highest BCUT2D eigenvalue weighted by molar-refractivity contribution is 7.89. The first-order chi connectivity index (χ1) is 17.4. The maximum atomic E-state index is 13.2. The van der Waals surface area contributed by atoms with E-state index in [0.29, 0.717) is 29.0 Å². The van der Waals surface area contributed by atoms with Crippen molar-refractivity contribution in [2.75, 3.05) is 68.1 Å². The minimum absolute atomic E-state index is 0.0431. The number of sulfonamides is 1. The lowest BCUT2D eigenvalue weighted by atomic mass is 9.89. The average Bonchev–Trinajstić information content (AvgIpc) is 3.36. The summed E-state index contributed by atoms with van der Waals surface area (Å²) < 4.78 is 38.5. The molecule has 1 aliphatic carbocycles. The predicted molar refractivity (Wildman–Crippen MR) is 146 cm³/mol. The third-order valence-corrected chi connectivity index (χ3v) is 10.3. The SMILES string of the molecule is COc1cc(C)c(S(=O)(=O)N(C)CCOCC(=O)N(C)[C@@H]2CCCC(N3CCC(N(C)C)C3)C2)c(C)c1. The molecule has 2 aliphatic rings. The Balaban J connectivity index is 1.46. The van der Waals surface area contributed by atoms with E-state index in [1.54, 1.807) is 33.1 Å². The molecule has 210 valence electrons. The van der Waals surface area contributed by atoms with E-state index in [9.17, 15) is 13.2 Å². The van der Waals surface area contributed by atoms with Gasteiger partial charge < -0.3 is 19.3 Å². The number of aryl methyl sites for hydroxylation is 2. The zero-order chi connectivity index (χ0) is 27.3. The van der Waals surface area contributed by atoms with Crippen LogP contribution in [0.2, 0.25) is 0 Å². The maximum absolute atomic E-state index is 13.2. The van der Waals surface area contributed by atoms with Crippen LogP contribution in [0.25, 0.3) is 0 Å². The van der Waals surface area contributed by atoms with E-state index in [2.05, 4.69) is 23.9 Å². The molecule has 1 aliphatic heterocycles. The number of methoxy groups -OCH3 is 1. The van der Waals surface area contributed by atoms with Crippen molar-refractivity contribution in [3.05, 3.63) is 23.3 Å². The lowest BCUT2D eigenvalue weighted by molar-refractivity contribution is -0.137. The Labute approximate surface area is 223 Å². The minimum atomic E-state index is -3.69. The number of ether oxygens (including phenoxy) is 2. The average molecular weight is 539 g/mol. The summed E-state index contributed by atoms with van der Waals surface area (Å²) in [7, 11) is 5.59. The molecule has 1 saturated carbocycles. The summed E-state index contributed by atoms with van der Waals surface area (Å²) in [6.45, 7) is 6.04. The number of amides is 1.